The van der Waals surface area contributed by atoms with Crippen molar-refractivity contribution in [3.63, 3.8) is 0 Å². The number of carbonyl (C=O) groups excluding carboxylic acids is 1. The largest absolute Gasteiger partial charge is 0.347 e. The number of nitrogens with zero attached hydrogens (tertiary/aromatic N) is 2. The summed E-state index contributed by atoms with van der Waals surface area (Å²) < 4.78 is 1.86. The Morgan fingerprint density at radius 1 is 1.38 bits per heavy atom. The molecule has 2 aliphatic rings. The first kappa shape index (κ1) is 15.4. The van der Waals surface area contributed by atoms with Crippen LogP contribution in [0.5, 0.6) is 0 Å². The van der Waals surface area contributed by atoms with Crippen LogP contribution in [0.1, 0.15) is 42.0 Å². The van der Waals surface area contributed by atoms with Gasteiger partial charge in [0.15, 0.2) is 0 Å². The van der Waals surface area contributed by atoms with Crippen molar-refractivity contribution in [2.24, 2.45) is 0 Å². The third-order valence-corrected chi connectivity index (χ3v) is 5.48. The molecule has 1 fully saturated rings. The summed E-state index contributed by atoms with van der Waals surface area (Å²) in [4.78, 5) is 13.3. The van der Waals surface area contributed by atoms with E-state index in [1.54, 1.807) is 6.20 Å². The van der Waals surface area contributed by atoms with Crippen LogP contribution in [0, 0.1) is 6.92 Å². The molecule has 126 valence electrons. The second-order valence-corrected chi connectivity index (χ2v) is 7.00. The second-order valence-electron chi connectivity index (χ2n) is 7.00. The molecule has 1 atom stereocenters. The number of piperidine rings is 1. The van der Waals surface area contributed by atoms with E-state index in [0.717, 1.165) is 38.8 Å². The summed E-state index contributed by atoms with van der Waals surface area (Å²) in [6.07, 6.45) is 7.24. The number of amides is 1. The van der Waals surface area contributed by atoms with Crippen LogP contribution in [0.15, 0.2) is 36.7 Å². The molecule has 5 heteroatoms. The minimum atomic E-state index is -0.567. The summed E-state index contributed by atoms with van der Waals surface area (Å²) >= 11 is 0. The van der Waals surface area contributed by atoms with Gasteiger partial charge in [0.05, 0.1) is 6.04 Å². The minimum absolute atomic E-state index is 0.103. The maximum atomic E-state index is 13.3. The van der Waals surface area contributed by atoms with Crippen molar-refractivity contribution < 1.29 is 4.79 Å². The summed E-state index contributed by atoms with van der Waals surface area (Å²) in [7, 11) is 0. The lowest BCUT2D eigenvalue weighted by atomic mass is 9.87. The summed E-state index contributed by atoms with van der Waals surface area (Å²) in [5.74, 6) is 0.103. The molecule has 1 saturated heterocycles. The number of fused-ring (bicyclic) bond motifs is 1. The molecule has 1 aromatic carbocycles. The molecule has 1 aliphatic heterocycles. The van der Waals surface area contributed by atoms with Crippen LogP contribution in [0.2, 0.25) is 0 Å². The predicted octanol–water partition coefficient (Wildman–Crippen LogP) is 2.07. The van der Waals surface area contributed by atoms with Crippen LogP contribution < -0.4 is 10.6 Å². The van der Waals surface area contributed by atoms with Gasteiger partial charge in [0.2, 0.25) is 5.91 Å². The Morgan fingerprint density at radius 3 is 2.96 bits per heavy atom. The lowest BCUT2D eigenvalue weighted by Crippen LogP contribution is -2.55. The lowest BCUT2D eigenvalue weighted by Gasteiger charge is -2.37. The number of carbonyl (C=O) groups is 1. The molecule has 1 aromatic heterocycles. The van der Waals surface area contributed by atoms with E-state index in [9.17, 15) is 4.79 Å². The van der Waals surface area contributed by atoms with Gasteiger partial charge >= 0.3 is 0 Å². The molecule has 2 aromatic rings. The monoisotopic (exact) mass is 324 g/mol. The molecular weight excluding hydrogens is 300 g/mol. The number of nitrogens with one attached hydrogen (secondary N) is 2. The highest BCUT2D eigenvalue weighted by molar-refractivity contribution is 5.85. The zero-order valence-corrected chi connectivity index (χ0v) is 14.1. The third kappa shape index (κ3) is 2.53. The second kappa shape index (κ2) is 6.06. The normalized spacial score (nSPS) is 22.1. The van der Waals surface area contributed by atoms with E-state index in [4.69, 9.17) is 0 Å². The van der Waals surface area contributed by atoms with E-state index in [2.05, 4.69) is 40.9 Å². The molecule has 0 radical (unpaired) electrons. The summed E-state index contributed by atoms with van der Waals surface area (Å²) in [5.41, 5.74) is 3.37. The molecular formula is C19H24N4O. The number of aryl methyl sites for hydroxylation is 2. The molecule has 0 bridgehead atoms. The molecule has 4 rings (SSSR count). The van der Waals surface area contributed by atoms with Gasteiger partial charge in [-0.25, -0.2) is 0 Å². The average molecular weight is 324 g/mol. The van der Waals surface area contributed by atoms with Gasteiger partial charge in [-0.3, -0.25) is 9.48 Å². The van der Waals surface area contributed by atoms with Crippen molar-refractivity contribution in [3.8, 4) is 0 Å². The van der Waals surface area contributed by atoms with Crippen LogP contribution in [0.25, 0.3) is 0 Å². The Hall–Kier alpha value is -2.14. The summed E-state index contributed by atoms with van der Waals surface area (Å²) in [5, 5.41) is 11.1. The number of benzene rings is 1. The van der Waals surface area contributed by atoms with Gasteiger partial charge in [0.1, 0.15) is 5.54 Å². The maximum Gasteiger partial charge on any atom is 0.248 e. The van der Waals surface area contributed by atoms with Crippen molar-refractivity contribution in [2.75, 3.05) is 13.1 Å². The number of aromatic nitrogens is 2. The standard InChI is InChI=1S/C19H24N4O/c1-14-3-5-16-15(13-14)4-6-17(16)22-18(24)19(7-10-20-11-8-19)23-12-2-9-21-23/h2-3,5,9,12-13,17,20H,4,6-8,10-11H2,1H3,(H,22,24). The van der Waals surface area contributed by atoms with Gasteiger partial charge in [0, 0.05) is 12.4 Å². The summed E-state index contributed by atoms with van der Waals surface area (Å²) in [6.45, 7) is 3.80. The molecule has 2 heterocycles. The molecule has 2 N–H and O–H groups in total. The average Bonchev–Trinajstić information content (AvgIpc) is 3.26. The van der Waals surface area contributed by atoms with Gasteiger partial charge in [-0.15, -0.1) is 0 Å². The quantitative estimate of drug-likeness (QED) is 0.909. The van der Waals surface area contributed by atoms with E-state index in [-0.39, 0.29) is 11.9 Å². The maximum absolute atomic E-state index is 13.3. The van der Waals surface area contributed by atoms with Crippen LogP contribution in [0.4, 0.5) is 0 Å². The van der Waals surface area contributed by atoms with Crippen molar-refractivity contribution in [3.05, 3.63) is 53.3 Å². The van der Waals surface area contributed by atoms with E-state index >= 15 is 0 Å². The van der Waals surface area contributed by atoms with Crippen molar-refractivity contribution in [2.45, 2.75) is 44.2 Å². The molecule has 1 aliphatic carbocycles. The number of hydrogen-bond donors (Lipinski definition) is 2. The van der Waals surface area contributed by atoms with Crippen LogP contribution in [0.3, 0.4) is 0 Å². The summed E-state index contributed by atoms with van der Waals surface area (Å²) in [6, 6.07) is 8.57. The number of rotatable bonds is 3. The lowest BCUT2D eigenvalue weighted by molar-refractivity contribution is -0.132. The van der Waals surface area contributed by atoms with E-state index < -0.39 is 5.54 Å². The first-order valence-corrected chi connectivity index (χ1v) is 8.80. The van der Waals surface area contributed by atoms with Gasteiger partial charge in [0.25, 0.3) is 0 Å². The van der Waals surface area contributed by atoms with Crippen LogP contribution >= 0.6 is 0 Å². The van der Waals surface area contributed by atoms with Crippen molar-refractivity contribution in [1.82, 2.24) is 20.4 Å². The van der Waals surface area contributed by atoms with E-state index in [1.807, 2.05) is 16.9 Å². The Labute approximate surface area is 142 Å². The highest BCUT2D eigenvalue weighted by atomic mass is 16.2. The highest BCUT2D eigenvalue weighted by Crippen LogP contribution is 2.34. The van der Waals surface area contributed by atoms with Crippen LogP contribution in [-0.4, -0.2) is 28.8 Å². The minimum Gasteiger partial charge on any atom is -0.347 e. The van der Waals surface area contributed by atoms with Crippen molar-refractivity contribution >= 4 is 5.91 Å². The fourth-order valence-corrected chi connectivity index (χ4v) is 4.11. The topological polar surface area (TPSA) is 59.0 Å². The predicted molar refractivity (Wildman–Crippen MR) is 92.7 cm³/mol. The fraction of sp³-hybridized carbons (Fsp3) is 0.474. The molecule has 0 spiro atoms. The smallest absolute Gasteiger partial charge is 0.248 e. The molecule has 0 saturated carbocycles. The van der Waals surface area contributed by atoms with Gasteiger partial charge in [-0.05, 0) is 62.9 Å². The first-order chi connectivity index (χ1) is 11.7. The third-order valence-electron chi connectivity index (χ3n) is 5.48. The molecule has 24 heavy (non-hydrogen) atoms. The van der Waals surface area contributed by atoms with Gasteiger partial charge in [-0.1, -0.05) is 23.8 Å². The highest BCUT2D eigenvalue weighted by Gasteiger charge is 2.43. The van der Waals surface area contributed by atoms with E-state index in [1.165, 1.54) is 16.7 Å². The van der Waals surface area contributed by atoms with E-state index in [0.29, 0.717) is 0 Å². The fourth-order valence-electron chi connectivity index (χ4n) is 4.11. The zero-order chi connectivity index (χ0) is 16.6. The van der Waals surface area contributed by atoms with Gasteiger partial charge < -0.3 is 10.6 Å². The Balaban J connectivity index is 1.59. The first-order valence-electron chi connectivity index (χ1n) is 8.80. The SMILES string of the molecule is Cc1ccc2c(c1)CCC2NC(=O)C1(n2cccn2)CCNCC1. The van der Waals surface area contributed by atoms with Gasteiger partial charge in [-0.2, -0.15) is 5.10 Å². The van der Waals surface area contributed by atoms with Crippen LogP contribution in [-0.2, 0) is 16.8 Å². The molecule has 5 nitrogen and oxygen atoms in total. The number of hydrogen-bond acceptors (Lipinski definition) is 3. The Morgan fingerprint density at radius 2 is 2.21 bits per heavy atom. The zero-order valence-electron chi connectivity index (χ0n) is 14.1. The van der Waals surface area contributed by atoms with Crippen molar-refractivity contribution in [1.29, 1.82) is 0 Å². The Kier molecular flexibility index (Phi) is 3.88. The Bertz CT molecular complexity index is 732. The molecule has 1 amide bonds. The molecule has 1 unspecified atom stereocenters.